The zero-order valence-electron chi connectivity index (χ0n) is 13.9. The second-order valence-electron chi connectivity index (χ2n) is 6.08. The Morgan fingerprint density at radius 2 is 2.17 bits per heavy atom. The quantitative estimate of drug-likeness (QED) is 0.854. The number of aliphatic hydroxyl groups excluding tert-OH is 1. The van der Waals surface area contributed by atoms with Crippen molar-refractivity contribution < 1.29 is 14.3 Å². The number of aromatic nitrogens is 2. The second kappa shape index (κ2) is 7.49. The van der Waals surface area contributed by atoms with Crippen molar-refractivity contribution in [1.29, 1.82) is 0 Å². The first-order chi connectivity index (χ1) is 11.7. The van der Waals surface area contributed by atoms with Gasteiger partial charge < -0.3 is 14.4 Å². The number of carbonyl (C=O) groups is 1. The van der Waals surface area contributed by atoms with Crippen molar-refractivity contribution in [3.05, 3.63) is 47.7 Å². The van der Waals surface area contributed by atoms with Gasteiger partial charge in [0, 0.05) is 37.0 Å². The number of aliphatic hydroxyl groups is 1. The fraction of sp³-hybridized carbons (Fsp3) is 0.444. The Morgan fingerprint density at radius 3 is 2.83 bits per heavy atom. The number of furan rings is 1. The van der Waals surface area contributed by atoms with Crippen molar-refractivity contribution in [3.8, 4) is 0 Å². The third-order valence-electron chi connectivity index (χ3n) is 4.44. The number of aryl methyl sites for hydroxylation is 1. The molecule has 1 fully saturated rings. The molecule has 6 heteroatoms. The minimum absolute atomic E-state index is 0.0198. The number of rotatable bonds is 5. The topological polar surface area (TPSA) is 71.5 Å². The lowest BCUT2D eigenvalue weighted by Gasteiger charge is -2.31. The summed E-state index contributed by atoms with van der Waals surface area (Å²) in [6.45, 7) is 3.95. The lowest BCUT2D eigenvalue weighted by Crippen LogP contribution is -2.37. The number of amides is 1. The molecule has 0 atom stereocenters. The molecule has 2 aromatic heterocycles. The van der Waals surface area contributed by atoms with E-state index in [2.05, 4.69) is 5.10 Å². The van der Waals surface area contributed by atoms with Crippen molar-refractivity contribution >= 4 is 12.0 Å². The van der Waals surface area contributed by atoms with E-state index < -0.39 is 0 Å². The van der Waals surface area contributed by atoms with Gasteiger partial charge in [0.2, 0.25) is 5.91 Å². The van der Waals surface area contributed by atoms with E-state index in [1.54, 1.807) is 18.3 Å². The van der Waals surface area contributed by atoms with Gasteiger partial charge in [-0.25, -0.2) is 0 Å². The minimum Gasteiger partial charge on any atom is -0.462 e. The maximum atomic E-state index is 12.3. The van der Waals surface area contributed by atoms with Crippen LogP contribution in [0.15, 0.2) is 34.9 Å². The molecule has 0 spiro atoms. The first-order valence-corrected chi connectivity index (χ1v) is 8.33. The Bertz CT molecular complexity index is 709. The van der Waals surface area contributed by atoms with E-state index in [4.69, 9.17) is 9.52 Å². The normalized spacial score (nSPS) is 16.2. The summed E-state index contributed by atoms with van der Waals surface area (Å²) in [5.74, 6) is 1.94. The average molecular weight is 329 g/mol. The van der Waals surface area contributed by atoms with Gasteiger partial charge in [0.25, 0.3) is 0 Å². The van der Waals surface area contributed by atoms with Gasteiger partial charge in [-0.05, 0) is 44.0 Å². The molecule has 3 heterocycles. The van der Waals surface area contributed by atoms with Crippen molar-refractivity contribution in [2.24, 2.45) is 0 Å². The highest BCUT2D eigenvalue weighted by Gasteiger charge is 2.24. The van der Waals surface area contributed by atoms with Crippen LogP contribution >= 0.6 is 0 Å². The molecule has 128 valence electrons. The minimum atomic E-state index is 0.0198. The highest BCUT2D eigenvalue weighted by atomic mass is 16.3. The molecule has 0 unspecified atom stereocenters. The third-order valence-corrected chi connectivity index (χ3v) is 4.44. The first kappa shape index (κ1) is 16.5. The fourth-order valence-corrected chi connectivity index (χ4v) is 3.17. The number of likely N-dealkylation sites (tertiary alicyclic amines) is 1. The molecule has 2 aromatic rings. The van der Waals surface area contributed by atoms with Crippen molar-refractivity contribution in [2.45, 2.75) is 32.2 Å². The summed E-state index contributed by atoms with van der Waals surface area (Å²) in [4.78, 5) is 14.2. The summed E-state index contributed by atoms with van der Waals surface area (Å²) in [6, 6.07) is 5.75. The van der Waals surface area contributed by atoms with E-state index in [-0.39, 0.29) is 12.5 Å². The number of carbonyl (C=O) groups excluding carboxylic acids is 1. The van der Waals surface area contributed by atoms with E-state index in [0.717, 1.165) is 37.4 Å². The summed E-state index contributed by atoms with van der Waals surface area (Å²) in [7, 11) is 0. The van der Waals surface area contributed by atoms with Crippen LogP contribution in [-0.2, 0) is 11.3 Å². The molecule has 6 nitrogen and oxygen atoms in total. The molecule has 0 aromatic carbocycles. The third kappa shape index (κ3) is 3.76. The molecule has 1 amide bonds. The Hall–Kier alpha value is -2.34. The van der Waals surface area contributed by atoms with Gasteiger partial charge in [0.05, 0.1) is 13.2 Å². The number of hydrogen-bond acceptors (Lipinski definition) is 4. The van der Waals surface area contributed by atoms with E-state index in [0.29, 0.717) is 18.2 Å². The van der Waals surface area contributed by atoms with Crippen LogP contribution in [0.5, 0.6) is 0 Å². The predicted molar refractivity (Wildman–Crippen MR) is 90.3 cm³/mol. The van der Waals surface area contributed by atoms with Crippen LogP contribution in [0.4, 0.5) is 0 Å². The summed E-state index contributed by atoms with van der Waals surface area (Å²) in [6.07, 6.45) is 6.90. The number of hydrogen-bond donors (Lipinski definition) is 1. The van der Waals surface area contributed by atoms with Crippen molar-refractivity contribution in [3.63, 3.8) is 0 Å². The number of nitrogens with zero attached hydrogens (tertiary/aromatic N) is 3. The molecule has 3 rings (SSSR count). The maximum absolute atomic E-state index is 12.3. The van der Waals surface area contributed by atoms with Crippen molar-refractivity contribution in [2.75, 3.05) is 19.7 Å². The lowest BCUT2D eigenvalue weighted by atomic mass is 9.93. The van der Waals surface area contributed by atoms with Gasteiger partial charge in [-0.1, -0.05) is 0 Å². The molecular formula is C18H23N3O3. The van der Waals surface area contributed by atoms with Gasteiger partial charge in [-0.2, -0.15) is 5.10 Å². The zero-order valence-corrected chi connectivity index (χ0v) is 13.9. The lowest BCUT2D eigenvalue weighted by molar-refractivity contribution is -0.127. The predicted octanol–water partition coefficient (Wildman–Crippen LogP) is 2.20. The fourth-order valence-electron chi connectivity index (χ4n) is 3.17. The summed E-state index contributed by atoms with van der Waals surface area (Å²) >= 11 is 0. The smallest absolute Gasteiger partial charge is 0.246 e. The molecule has 1 N–H and O–H groups in total. The summed E-state index contributed by atoms with van der Waals surface area (Å²) < 4.78 is 7.30. The maximum Gasteiger partial charge on any atom is 0.246 e. The SMILES string of the molecule is Cc1ccc(/C=C/C(=O)N2CCC(c3ccnn3CCO)CC2)o1. The number of piperidine rings is 1. The van der Waals surface area contributed by atoms with E-state index in [1.807, 2.05) is 34.7 Å². The molecule has 0 radical (unpaired) electrons. The first-order valence-electron chi connectivity index (χ1n) is 8.33. The molecule has 1 aliphatic rings. The monoisotopic (exact) mass is 329 g/mol. The standard InChI is InChI=1S/C18H23N3O3/c1-14-2-3-16(24-14)4-5-18(23)20-10-7-15(8-11-20)17-6-9-19-21(17)12-13-22/h2-6,9,15,22H,7-8,10-13H2,1H3/b5-4+. The zero-order chi connectivity index (χ0) is 16.9. The highest BCUT2D eigenvalue weighted by Crippen LogP contribution is 2.28. The molecule has 1 saturated heterocycles. The van der Waals surface area contributed by atoms with Crippen LogP contribution in [0.25, 0.3) is 6.08 Å². The largest absolute Gasteiger partial charge is 0.462 e. The second-order valence-corrected chi connectivity index (χ2v) is 6.08. The summed E-state index contributed by atoms with van der Waals surface area (Å²) in [5.41, 5.74) is 1.15. The van der Waals surface area contributed by atoms with E-state index in [9.17, 15) is 4.79 Å². The van der Waals surface area contributed by atoms with Crippen LogP contribution < -0.4 is 0 Å². The van der Waals surface area contributed by atoms with Crippen LogP contribution in [0, 0.1) is 6.92 Å². The van der Waals surface area contributed by atoms with Crippen molar-refractivity contribution in [1.82, 2.24) is 14.7 Å². The highest BCUT2D eigenvalue weighted by molar-refractivity contribution is 5.91. The van der Waals surface area contributed by atoms with Gasteiger partial charge in [0.15, 0.2) is 0 Å². The van der Waals surface area contributed by atoms with Crippen LogP contribution in [0.1, 0.15) is 36.0 Å². The molecule has 0 aliphatic carbocycles. The van der Waals surface area contributed by atoms with Gasteiger partial charge >= 0.3 is 0 Å². The molecule has 24 heavy (non-hydrogen) atoms. The Kier molecular flexibility index (Phi) is 5.15. The Morgan fingerprint density at radius 1 is 1.38 bits per heavy atom. The van der Waals surface area contributed by atoms with E-state index in [1.165, 1.54) is 0 Å². The molecule has 0 saturated carbocycles. The Balaban J connectivity index is 1.55. The molecule has 0 bridgehead atoms. The summed E-state index contributed by atoms with van der Waals surface area (Å²) in [5, 5.41) is 13.4. The molecule has 1 aliphatic heterocycles. The van der Waals surface area contributed by atoms with Crippen LogP contribution in [-0.4, -0.2) is 45.4 Å². The Labute approximate surface area is 141 Å². The van der Waals surface area contributed by atoms with Gasteiger partial charge in [-0.3, -0.25) is 9.48 Å². The average Bonchev–Trinajstić information content (AvgIpc) is 3.22. The van der Waals surface area contributed by atoms with Gasteiger partial charge in [0.1, 0.15) is 11.5 Å². The van der Waals surface area contributed by atoms with Crippen LogP contribution in [0.3, 0.4) is 0 Å². The van der Waals surface area contributed by atoms with Gasteiger partial charge in [-0.15, -0.1) is 0 Å². The van der Waals surface area contributed by atoms with E-state index >= 15 is 0 Å². The van der Waals surface area contributed by atoms with Crippen LogP contribution in [0.2, 0.25) is 0 Å². The molecular weight excluding hydrogens is 306 g/mol.